The summed E-state index contributed by atoms with van der Waals surface area (Å²) in [7, 11) is 0. The lowest BCUT2D eigenvalue weighted by Crippen LogP contribution is -2.00. The van der Waals surface area contributed by atoms with Crippen molar-refractivity contribution in [2.75, 3.05) is 6.61 Å². The van der Waals surface area contributed by atoms with E-state index in [2.05, 4.69) is 69.1 Å². The van der Waals surface area contributed by atoms with Crippen molar-refractivity contribution >= 4 is 11.4 Å². The molecule has 0 saturated carbocycles. The van der Waals surface area contributed by atoms with Gasteiger partial charge in [-0.2, -0.15) is 10.2 Å². The predicted molar refractivity (Wildman–Crippen MR) is 138 cm³/mol. The third-order valence-corrected chi connectivity index (χ3v) is 6.01. The number of ether oxygens (including phenoxy) is 1. The van der Waals surface area contributed by atoms with Crippen molar-refractivity contribution < 1.29 is 4.74 Å². The Hall–Kier alpha value is -2.16. The van der Waals surface area contributed by atoms with Crippen molar-refractivity contribution in [1.82, 2.24) is 0 Å². The number of hydrogen-bond acceptors (Lipinski definition) is 3. The van der Waals surface area contributed by atoms with Crippen LogP contribution in [0.5, 0.6) is 5.75 Å². The van der Waals surface area contributed by atoms with Crippen LogP contribution in [0.4, 0.5) is 11.4 Å². The van der Waals surface area contributed by atoms with Gasteiger partial charge in [0.15, 0.2) is 0 Å². The smallest absolute Gasteiger partial charge is 0.122 e. The lowest BCUT2D eigenvalue weighted by Gasteiger charge is -2.15. The van der Waals surface area contributed by atoms with E-state index in [0.717, 1.165) is 35.7 Å². The Morgan fingerprint density at radius 3 is 1.94 bits per heavy atom. The lowest BCUT2D eigenvalue weighted by molar-refractivity contribution is 0.302. The van der Waals surface area contributed by atoms with Crippen LogP contribution in [0.2, 0.25) is 0 Å². The second-order valence-corrected chi connectivity index (χ2v) is 9.40. The second kappa shape index (κ2) is 14.8. The molecule has 0 atom stereocenters. The average molecular weight is 437 g/mol. The minimum Gasteiger partial charge on any atom is -0.493 e. The molecule has 2 aromatic rings. The van der Waals surface area contributed by atoms with Crippen LogP contribution in [-0.4, -0.2) is 6.61 Å². The van der Waals surface area contributed by atoms with Gasteiger partial charge in [0.25, 0.3) is 0 Å². The summed E-state index contributed by atoms with van der Waals surface area (Å²) in [6.07, 6.45) is 13.4. The van der Waals surface area contributed by atoms with Gasteiger partial charge in [-0.3, -0.25) is 0 Å². The number of azo groups is 1. The predicted octanol–water partition coefficient (Wildman–Crippen LogP) is 10.1. The number of unbranched alkanes of at least 4 members (excludes halogenated alkanes) is 9. The third-order valence-electron chi connectivity index (χ3n) is 6.01. The van der Waals surface area contributed by atoms with Gasteiger partial charge in [-0.25, -0.2) is 0 Å². The first-order chi connectivity index (χ1) is 15.5. The zero-order valence-electron chi connectivity index (χ0n) is 21.1. The molecule has 0 saturated heterocycles. The Labute approximate surface area is 196 Å². The van der Waals surface area contributed by atoms with Gasteiger partial charge in [0.1, 0.15) is 5.75 Å². The summed E-state index contributed by atoms with van der Waals surface area (Å²) < 4.78 is 6.16. The van der Waals surface area contributed by atoms with Gasteiger partial charge in [-0.1, -0.05) is 96.3 Å². The van der Waals surface area contributed by atoms with Gasteiger partial charge in [-0.15, -0.1) is 0 Å². The van der Waals surface area contributed by atoms with Crippen molar-refractivity contribution in [3.63, 3.8) is 0 Å². The molecule has 0 aromatic heterocycles. The monoisotopic (exact) mass is 436 g/mol. The minimum absolute atomic E-state index is 0.363. The van der Waals surface area contributed by atoms with Gasteiger partial charge >= 0.3 is 0 Å². The molecule has 2 rings (SSSR count). The van der Waals surface area contributed by atoms with Crippen molar-refractivity contribution in [2.45, 2.75) is 105 Å². The summed E-state index contributed by atoms with van der Waals surface area (Å²) in [6.45, 7) is 11.6. The van der Waals surface area contributed by atoms with Gasteiger partial charge in [-0.05, 0) is 61.6 Å². The number of benzene rings is 2. The topological polar surface area (TPSA) is 34.0 Å². The summed E-state index contributed by atoms with van der Waals surface area (Å²) in [5.41, 5.74) is 5.35. The molecule has 0 heterocycles. The fourth-order valence-electron chi connectivity index (χ4n) is 3.89. The Balaban J connectivity index is 1.81. The van der Waals surface area contributed by atoms with Crippen LogP contribution in [0.15, 0.2) is 46.6 Å². The lowest BCUT2D eigenvalue weighted by atomic mass is 9.99. The number of hydrogen-bond donors (Lipinski definition) is 0. The van der Waals surface area contributed by atoms with Crippen LogP contribution >= 0.6 is 0 Å². The summed E-state index contributed by atoms with van der Waals surface area (Å²) in [5, 5.41) is 9.01. The molecule has 3 heteroatoms. The van der Waals surface area contributed by atoms with Crippen LogP contribution in [0.25, 0.3) is 0 Å². The zero-order valence-corrected chi connectivity index (χ0v) is 21.1. The van der Waals surface area contributed by atoms with E-state index in [-0.39, 0.29) is 0 Å². The molecule has 0 unspecified atom stereocenters. The Bertz CT molecular complexity index is 809. The molecule has 0 bridgehead atoms. The first-order valence-electron chi connectivity index (χ1n) is 12.8. The van der Waals surface area contributed by atoms with Crippen LogP contribution in [0.1, 0.15) is 108 Å². The van der Waals surface area contributed by atoms with E-state index < -0.39 is 0 Å². The molecule has 0 aliphatic rings. The summed E-state index contributed by atoms with van der Waals surface area (Å²) in [4.78, 5) is 0. The standard InChI is InChI=1S/C29H44N2O/c1-6-7-8-9-10-11-12-13-14-15-20-32-29-22-27(23(2)3)28(21-25(29)5)31-30-26-18-16-24(4)17-19-26/h16-19,21-23H,6-15,20H2,1-5H3/b31-30+. The highest BCUT2D eigenvalue weighted by atomic mass is 16.5. The van der Waals surface area contributed by atoms with E-state index in [9.17, 15) is 0 Å². The maximum Gasteiger partial charge on any atom is 0.122 e. The molecule has 0 amide bonds. The van der Waals surface area contributed by atoms with Crippen LogP contribution in [0.3, 0.4) is 0 Å². The molecule has 0 fully saturated rings. The number of nitrogens with zero attached hydrogens (tertiary/aromatic N) is 2. The molecule has 32 heavy (non-hydrogen) atoms. The third kappa shape index (κ3) is 9.54. The Morgan fingerprint density at radius 1 is 0.750 bits per heavy atom. The number of aryl methyl sites for hydroxylation is 2. The molecule has 176 valence electrons. The molecule has 2 aromatic carbocycles. The Kier molecular flexibility index (Phi) is 12.1. The number of rotatable bonds is 15. The maximum absolute atomic E-state index is 6.16. The maximum atomic E-state index is 6.16. The van der Waals surface area contributed by atoms with E-state index in [0.29, 0.717) is 5.92 Å². The van der Waals surface area contributed by atoms with Gasteiger partial charge in [0, 0.05) is 0 Å². The molecular weight excluding hydrogens is 392 g/mol. The Morgan fingerprint density at radius 2 is 1.34 bits per heavy atom. The quantitative estimate of drug-likeness (QED) is 0.202. The molecule has 0 radical (unpaired) electrons. The van der Waals surface area contributed by atoms with Crippen molar-refractivity contribution in [2.24, 2.45) is 10.2 Å². The van der Waals surface area contributed by atoms with E-state index in [4.69, 9.17) is 4.74 Å². The van der Waals surface area contributed by atoms with Crippen LogP contribution < -0.4 is 4.74 Å². The second-order valence-electron chi connectivity index (χ2n) is 9.40. The fourth-order valence-corrected chi connectivity index (χ4v) is 3.89. The molecular formula is C29H44N2O. The normalized spacial score (nSPS) is 11.6. The molecule has 0 aliphatic heterocycles. The first-order valence-corrected chi connectivity index (χ1v) is 12.8. The molecule has 0 N–H and O–H groups in total. The van der Waals surface area contributed by atoms with E-state index >= 15 is 0 Å². The summed E-state index contributed by atoms with van der Waals surface area (Å²) in [6, 6.07) is 12.4. The van der Waals surface area contributed by atoms with Gasteiger partial charge in [0.05, 0.1) is 18.0 Å². The fraction of sp³-hybridized carbons (Fsp3) is 0.586. The van der Waals surface area contributed by atoms with Gasteiger partial charge in [0.2, 0.25) is 0 Å². The molecule has 0 spiro atoms. The van der Waals surface area contributed by atoms with Crippen molar-refractivity contribution in [1.29, 1.82) is 0 Å². The van der Waals surface area contributed by atoms with Crippen molar-refractivity contribution in [3.8, 4) is 5.75 Å². The van der Waals surface area contributed by atoms with Crippen molar-refractivity contribution in [3.05, 3.63) is 53.1 Å². The average Bonchev–Trinajstić information content (AvgIpc) is 2.78. The molecule has 3 nitrogen and oxygen atoms in total. The van der Waals surface area contributed by atoms with E-state index in [1.54, 1.807) is 0 Å². The van der Waals surface area contributed by atoms with E-state index in [1.807, 2.05) is 12.1 Å². The minimum atomic E-state index is 0.363. The highest BCUT2D eigenvalue weighted by Gasteiger charge is 2.12. The first kappa shape index (κ1) is 26.1. The van der Waals surface area contributed by atoms with Crippen LogP contribution in [-0.2, 0) is 0 Å². The van der Waals surface area contributed by atoms with Crippen LogP contribution in [0, 0.1) is 13.8 Å². The SMILES string of the molecule is CCCCCCCCCCCCOc1cc(C(C)C)c(/N=N/c2ccc(C)cc2)cc1C. The largest absolute Gasteiger partial charge is 0.493 e. The zero-order chi connectivity index (χ0) is 23.2. The van der Waals surface area contributed by atoms with Gasteiger partial charge < -0.3 is 4.74 Å². The highest BCUT2D eigenvalue weighted by molar-refractivity contribution is 5.55. The summed E-state index contributed by atoms with van der Waals surface area (Å²) >= 11 is 0. The van der Waals surface area contributed by atoms with E-state index in [1.165, 1.54) is 68.9 Å². The molecule has 0 aliphatic carbocycles. The summed E-state index contributed by atoms with van der Waals surface area (Å²) in [5.74, 6) is 1.35. The highest BCUT2D eigenvalue weighted by Crippen LogP contribution is 2.34.